The van der Waals surface area contributed by atoms with Crippen LogP contribution in [-0.2, 0) is 0 Å². The van der Waals surface area contributed by atoms with E-state index in [-0.39, 0.29) is 0 Å². The van der Waals surface area contributed by atoms with Crippen LogP contribution in [-0.4, -0.2) is 12.1 Å². The van der Waals surface area contributed by atoms with Crippen molar-refractivity contribution in [3.63, 3.8) is 0 Å². The fourth-order valence-corrected chi connectivity index (χ4v) is 1.33. The zero-order valence-electron chi connectivity index (χ0n) is 6.50. The van der Waals surface area contributed by atoms with Crippen molar-refractivity contribution in [3.8, 4) is 5.75 Å². The van der Waals surface area contributed by atoms with Gasteiger partial charge in [-0.1, -0.05) is 23.8 Å². The second kappa shape index (κ2) is 3.74. The van der Waals surface area contributed by atoms with Gasteiger partial charge in [0.25, 0.3) is 0 Å². The molecule has 0 bridgehead atoms. The van der Waals surface area contributed by atoms with Crippen LogP contribution in [0.5, 0.6) is 5.75 Å². The molecule has 0 saturated carbocycles. The van der Waals surface area contributed by atoms with E-state index in [2.05, 4.69) is 0 Å². The van der Waals surface area contributed by atoms with Crippen molar-refractivity contribution in [1.82, 2.24) is 0 Å². The van der Waals surface area contributed by atoms with Crippen molar-refractivity contribution in [3.05, 3.63) is 28.8 Å². The van der Waals surface area contributed by atoms with Crippen molar-refractivity contribution in [2.24, 2.45) is 5.73 Å². The van der Waals surface area contributed by atoms with Crippen LogP contribution in [0.15, 0.2) is 18.2 Å². The van der Waals surface area contributed by atoms with E-state index in [1.54, 1.807) is 25.3 Å². The lowest BCUT2D eigenvalue weighted by Gasteiger charge is -2.03. The number of halogens is 1. The summed E-state index contributed by atoms with van der Waals surface area (Å²) in [7, 11) is 1.58. The highest BCUT2D eigenvalue weighted by Crippen LogP contribution is 2.21. The third kappa shape index (κ3) is 1.87. The minimum atomic E-state index is 0.294. The Morgan fingerprint density at radius 1 is 1.58 bits per heavy atom. The summed E-state index contributed by atoms with van der Waals surface area (Å²) >= 11 is 10.6. The third-order valence-electron chi connectivity index (χ3n) is 1.44. The van der Waals surface area contributed by atoms with E-state index < -0.39 is 0 Å². The highest BCUT2D eigenvalue weighted by molar-refractivity contribution is 7.80. The van der Waals surface area contributed by atoms with Crippen LogP contribution in [0, 0.1) is 0 Å². The smallest absolute Gasteiger partial charge is 0.120 e. The normalized spacial score (nSPS) is 9.50. The van der Waals surface area contributed by atoms with Gasteiger partial charge in [-0.15, -0.1) is 0 Å². The molecule has 0 aliphatic carbocycles. The molecule has 0 heterocycles. The van der Waals surface area contributed by atoms with Crippen molar-refractivity contribution >= 4 is 28.8 Å². The monoisotopic (exact) mass is 201 g/mol. The summed E-state index contributed by atoms with van der Waals surface area (Å²) in [5.74, 6) is 0.694. The van der Waals surface area contributed by atoms with Gasteiger partial charge in [0.15, 0.2) is 0 Å². The van der Waals surface area contributed by atoms with Crippen molar-refractivity contribution < 1.29 is 4.74 Å². The number of nitrogens with two attached hydrogens (primary N) is 1. The molecule has 0 fully saturated rings. The molecule has 2 nitrogen and oxygen atoms in total. The molecule has 0 atom stereocenters. The molecule has 0 aliphatic rings. The number of ether oxygens (including phenoxy) is 1. The first-order chi connectivity index (χ1) is 5.65. The van der Waals surface area contributed by atoms with Crippen LogP contribution in [0.4, 0.5) is 0 Å². The Labute approximate surface area is 81.3 Å². The summed E-state index contributed by atoms with van der Waals surface area (Å²) in [4.78, 5) is 0.294. The Morgan fingerprint density at radius 2 is 2.25 bits per heavy atom. The Bertz CT molecular complexity index is 314. The maximum absolute atomic E-state index is 5.86. The van der Waals surface area contributed by atoms with E-state index in [1.165, 1.54) is 0 Å². The average Bonchev–Trinajstić information content (AvgIpc) is 2.03. The Hall–Kier alpha value is -0.800. The van der Waals surface area contributed by atoms with Crippen LogP contribution in [0.2, 0.25) is 5.02 Å². The van der Waals surface area contributed by atoms with Gasteiger partial charge in [-0.3, -0.25) is 0 Å². The number of thiocarbonyl (C=S) groups is 1. The molecule has 0 aliphatic heterocycles. The van der Waals surface area contributed by atoms with Gasteiger partial charge in [-0.2, -0.15) is 0 Å². The van der Waals surface area contributed by atoms with E-state index in [1.807, 2.05) is 0 Å². The number of methoxy groups -OCH3 is 1. The molecule has 0 spiro atoms. The molecule has 2 N–H and O–H groups in total. The molecule has 0 amide bonds. The topological polar surface area (TPSA) is 35.2 Å². The van der Waals surface area contributed by atoms with Crippen LogP contribution in [0.25, 0.3) is 0 Å². The summed E-state index contributed by atoms with van der Waals surface area (Å²) in [6.45, 7) is 0. The molecular weight excluding hydrogens is 194 g/mol. The largest absolute Gasteiger partial charge is 0.497 e. The summed E-state index contributed by atoms with van der Waals surface area (Å²) in [6.07, 6.45) is 0. The summed E-state index contributed by atoms with van der Waals surface area (Å²) < 4.78 is 4.96. The van der Waals surface area contributed by atoms with Crippen LogP contribution in [0.1, 0.15) is 5.56 Å². The summed E-state index contributed by atoms with van der Waals surface area (Å²) in [5, 5.41) is 0.516. The Balaban J connectivity index is 3.12. The van der Waals surface area contributed by atoms with E-state index in [0.29, 0.717) is 21.3 Å². The fraction of sp³-hybridized carbons (Fsp3) is 0.125. The highest BCUT2D eigenvalue weighted by Gasteiger charge is 2.03. The molecule has 12 heavy (non-hydrogen) atoms. The Morgan fingerprint density at radius 3 is 2.67 bits per heavy atom. The van der Waals surface area contributed by atoms with E-state index >= 15 is 0 Å². The molecule has 0 unspecified atom stereocenters. The average molecular weight is 202 g/mol. The van der Waals surface area contributed by atoms with Gasteiger partial charge in [0.2, 0.25) is 0 Å². The van der Waals surface area contributed by atoms with Crippen molar-refractivity contribution in [2.75, 3.05) is 7.11 Å². The predicted molar refractivity (Wildman–Crippen MR) is 53.9 cm³/mol. The highest BCUT2D eigenvalue weighted by atomic mass is 35.5. The SMILES string of the molecule is COc1ccc(C(N)=S)c(Cl)c1. The fourth-order valence-electron chi connectivity index (χ4n) is 0.823. The molecule has 0 radical (unpaired) electrons. The van der Waals surface area contributed by atoms with Crippen LogP contribution in [0.3, 0.4) is 0 Å². The van der Waals surface area contributed by atoms with Gasteiger partial charge in [0.05, 0.1) is 12.1 Å². The number of benzene rings is 1. The van der Waals surface area contributed by atoms with E-state index in [0.717, 1.165) is 0 Å². The van der Waals surface area contributed by atoms with Gasteiger partial charge in [0, 0.05) is 5.56 Å². The standard InChI is InChI=1S/C8H8ClNOS/c1-11-5-2-3-6(8(10)12)7(9)4-5/h2-4H,1H3,(H2,10,12). The van der Waals surface area contributed by atoms with Gasteiger partial charge in [-0.05, 0) is 18.2 Å². The molecule has 1 rings (SSSR count). The third-order valence-corrected chi connectivity index (χ3v) is 1.97. The van der Waals surface area contributed by atoms with E-state index in [9.17, 15) is 0 Å². The van der Waals surface area contributed by atoms with Crippen LogP contribution >= 0.6 is 23.8 Å². The molecule has 4 heteroatoms. The van der Waals surface area contributed by atoms with Crippen LogP contribution < -0.4 is 10.5 Å². The Kier molecular flexibility index (Phi) is 2.89. The minimum absolute atomic E-state index is 0.294. The summed E-state index contributed by atoms with van der Waals surface area (Å²) in [6, 6.07) is 5.18. The molecular formula is C8H8ClNOS. The van der Waals surface area contributed by atoms with Gasteiger partial charge < -0.3 is 10.5 Å². The first-order valence-corrected chi connectivity index (χ1v) is 4.07. The first kappa shape index (κ1) is 9.29. The minimum Gasteiger partial charge on any atom is -0.497 e. The lowest BCUT2D eigenvalue weighted by Crippen LogP contribution is -2.09. The molecule has 1 aromatic carbocycles. The lowest BCUT2D eigenvalue weighted by molar-refractivity contribution is 0.415. The van der Waals surface area contributed by atoms with Gasteiger partial charge >= 0.3 is 0 Å². The first-order valence-electron chi connectivity index (χ1n) is 3.28. The second-order valence-electron chi connectivity index (χ2n) is 2.21. The van der Waals surface area contributed by atoms with E-state index in [4.69, 9.17) is 34.3 Å². The number of hydrogen-bond donors (Lipinski definition) is 1. The molecule has 1 aromatic rings. The predicted octanol–water partition coefficient (Wildman–Crippen LogP) is 1.98. The lowest BCUT2D eigenvalue weighted by atomic mass is 10.2. The molecule has 0 aromatic heterocycles. The van der Waals surface area contributed by atoms with Crippen molar-refractivity contribution in [2.45, 2.75) is 0 Å². The van der Waals surface area contributed by atoms with Crippen molar-refractivity contribution in [1.29, 1.82) is 0 Å². The quantitative estimate of drug-likeness (QED) is 0.744. The second-order valence-corrected chi connectivity index (χ2v) is 3.06. The molecule has 0 saturated heterocycles. The van der Waals surface area contributed by atoms with Gasteiger partial charge in [0.1, 0.15) is 10.7 Å². The number of hydrogen-bond acceptors (Lipinski definition) is 2. The number of rotatable bonds is 2. The zero-order valence-corrected chi connectivity index (χ0v) is 8.08. The maximum Gasteiger partial charge on any atom is 0.120 e. The molecule has 64 valence electrons. The maximum atomic E-state index is 5.86. The van der Waals surface area contributed by atoms with Gasteiger partial charge in [-0.25, -0.2) is 0 Å². The summed E-state index contributed by atoms with van der Waals surface area (Å²) in [5.41, 5.74) is 6.09. The zero-order chi connectivity index (χ0) is 9.14.